The predicted molar refractivity (Wildman–Crippen MR) is 98.0 cm³/mol. The Morgan fingerprint density at radius 2 is 1.30 bits per heavy atom. The summed E-state index contributed by atoms with van der Waals surface area (Å²) >= 11 is 0. The van der Waals surface area contributed by atoms with Crippen LogP contribution in [-0.4, -0.2) is 47.8 Å². The first kappa shape index (κ1) is 19.0. The lowest BCUT2D eigenvalue weighted by atomic mass is 10.1. The zero-order chi connectivity index (χ0) is 19.2. The molecule has 2 aromatic carbocycles. The van der Waals surface area contributed by atoms with E-state index in [4.69, 9.17) is 0 Å². The molecule has 4 nitrogen and oxygen atoms in total. The van der Waals surface area contributed by atoms with Gasteiger partial charge in [0.15, 0.2) is 0 Å². The van der Waals surface area contributed by atoms with Crippen molar-refractivity contribution >= 4 is 11.8 Å². The average Bonchev–Trinajstić information content (AvgIpc) is 2.66. The molecule has 0 saturated carbocycles. The van der Waals surface area contributed by atoms with Gasteiger partial charge in [-0.05, 0) is 41.8 Å². The second-order valence-corrected chi connectivity index (χ2v) is 6.70. The lowest BCUT2D eigenvalue weighted by Gasteiger charge is -2.35. The molecule has 142 valence electrons. The van der Waals surface area contributed by atoms with E-state index in [0.717, 1.165) is 5.56 Å². The number of halogens is 2. The lowest BCUT2D eigenvalue weighted by molar-refractivity contribution is -0.139. The maximum atomic E-state index is 13.2. The molecule has 2 aromatic rings. The fourth-order valence-electron chi connectivity index (χ4n) is 3.24. The maximum absolute atomic E-state index is 13.2. The van der Waals surface area contributed by atoms with Gasteiger partial charge in [-0.2, -0.15) is 0 Å². The zero-order valence-corrected chi connectivity index (χ0v) is 15.0. The molecule has 0 aliphatic carbocycles. The molecule has 0 bridgehead atoms. The number of piperazine rings is 1. The summed E-state index contributed by atoms with van der Waals surface area (Å²) in [6.07, 6.45) is 0.973. The number of nitrogens with zero attached hydrogens (tertiary/aromatic N) is 2. The van der Waals surface area contributed by atoms with Crippen molar-refractivity contribution in [1.82, 2.24) is 9.80 Å². The van der Waals surface area contributed by atoms with Crippen molar-refractivity contribution in [3.05, 3.63) is 71.3 Å². The molecule has 0 radical (unpaired) electrons. The smallest absolute Gasteiger partial charge is 0.227 e. The van der Waals surface area contributed by atoms with Gasteiger partial charge in [-0.1, -0.05) is 24.3 Å². The number of hydrogen-bond donors (Lipinski definition) is 0. The molecular formula is C21H22F2N2O2. The first-order chi connectivity index (χ1) is 13.0. The van der Waals surface area contributed by atoms with Gasteiger partial charge in [0.1, 0.15) is 11.6 Å². The summed E-state index contributed by atoms with van der Waals surface area (Å²) in [4.78, 5) is 28.2. The number of carbonyl (C=O) groups excluding carboxylic acids is 2. The van der Waals surface area contributed by atoms with Gasteiger partial charge in [-0.25, -0.2) is 8.78 Å². The summed E-state index contributed by atoms with van der Waals surface area (Å²) in [5.74, 6) is -0.705. The first-order valence-electron chi connectivity index (χ1n) is 9.06. The Balaban J connectivity index is 1.45. The zero-order valence-electron chi connectivity index (χ0n) is 15.0. The monoisotopic (exact) mass is 372 g/mol. The van der Waals surface area contributed by atoms with E-state index < -0.39 is 0 Å². The highest BCUT2D eigenvalue weighted by Gasteiger charge is 2.24. The molecular weight excluding hydrogens is 350 g/mol. The molecule has 2 amide bonds. The second kappa shape index (κ2) is 8.75. The summed E-state index contributed by atoms with van der Waals surface area (Å²) in [7, 11) is 0. The van der Waals surface area contributed by atoms with Crippen LogP contribution in [0.15, 0.2) is 48.5 Å². The Hall–Kier alpha value is -2.76. The molecule has 6 heteroatoms. The van der Waals surface area contributed by atoms with Crippen LogP contribution in [0, 0.1) is 11.6 Å². The van der Waals surface area contributed by atoms with Gasteiger partial charge in [-0.3, -0.25) is 9.59 Å². The van der Waals surface area contributed by atoms with Gasteiger partial charge in [0.05, 0.1) is 6.42 Å². The van der Waals surface area contributed by atoms with Crippen molar-refractivity contribution in [2.45, 2.75) is 19.3 Å². The minimum atomic E-state index is -0.353. The Labute approximate surface area is 157 Å². The van der Waals surface area contributed by atoms with Gasteiger partial charge in [0, 0.05) is 32.6 Å². The predicted octanol–water partition coefficient (Wildman–Crippen LogP) is 2.81. The Bertz CT molecular complexity index is 817. The molecule has 0 N–H and O–H groups in total. The second-order valence-electron chi connectivity index (χ2n) is 6.70. The van der Waals surface area contributed by atoms with Crippen LogP contribution in [0.25, 0.3) is 0 Å². The molecule has 1 heterocycles. The van der Waals surface area contributed by atoms with E-state index in [9.17, 15) is 18.4 Å². The van der Waals surface area contributed by atoms with E-state index in [2.05, 4.69) is 0 Å². The number of hydrogen-bond acceptors (Lipinski definition) is 2. The number of aryl methyl sites for hydroxylation is 1. The topological polar surface area (TPSA) is 40.6 Å². The van der Waals surface area contributed by atoms with Crippen LogP contribution in [0.1, 0.15) is 17.5 Å². The minimum absolute atomic E-state index is 0.0106. The summed E-state index contributed by atoms with van der Waals surface area (Å²) < 4.78 is 26.4. The number of benzene rings is 2. The summed E-state index contributed by atoms with van der Waals surface area (Å²) in [5.41, 5.74) is 1.45. The van der Waals surface area contributed by atoms with Crippen LogP contribution in [0.5, 0.6) is 0 Å². The Morgan fingerprint density at radius 3 is 1.89 bits per heavy atom. The number of amides is 2. The van der Waals surface area contributed by atoms with E-state index in [0.29, 0.717) is 44.6 Å². The third kappa shape index (κ3) is 5.36. The van der Waals surface area contributed by atoms with Crippen molar-refractivity contribution in [3.8, 4) is 0 Å². The molecule has 0 unspecified atom stereocenters. The van der Waals surface area contributed by atoms with Crippen LogP contribution in [0.3, 0.4) is 0 Å². The van der Waals surface area contributed by atoms with Crippen LogP contribution >= 0.6 is 0 Å². The molecule has 0 spiro atoms. The largest absolute Gasteiger partial charge is 0.339 e. The van der Waals surface area contributed by atoms with Crippen LogP contribution < -0.4 is 0 Å². The van der Waals surface area contributed by atoms with Gasteiger partial charge in [0.25, 0.3) is 0 Å². The highest BCUT2D eigenvalue weighted by molar-refractivity contribution is 5.80. The van der Waals surface area contributed by atoms with Crippen molar-refractivity contribution in [3.63, 3.8) is 0 Å². The van der Waals surface area contributed by atoms with Crippen molar-refractivity contribution in [1.29, 1.82) is 0 Å². The quantitative estimate of drug-likeness (QED) is 0.810. The molecule has 3 rings (SSSR count). The average molecular weight is 372 g/mol. The van der Waals surface area contributed by atoms with Crippen LogP contribution in [-0.2, 0) is 22.4 Å². The summed E-state index contributed by atoms with van der Waals surface area (Å²) in [6.45, 7) is 1.91. The van der Waals surface area contributed by atoms with Gasteiger partial charge in [-0.15, -0.1) is 0 Å². The molecule has 0 aromatic heterocycles. The third-order valence-electron chi connectivity index (χ3n) is 4.75. The highest BCUT2D eigenvalue weighted by Crippen LogP contribution is 2.11. The van der Waals surface area contributed by atoms with E-state index in [1.165, 1.54) is 24.3 Å². The Morgan fingerprint density at radius 1 is 0.778 bits per heavy atom. The van der Waals surface area contributed by atoms with Gasteiger partial charge >= 0.3 is 0 Å². The summed E-state index contributed by atoms with van der Waals surface area (Å²) in [5, 5.41) is 0. The van der Waals surface area contributed by atoms with E-state index in [1.807, 2.05) is 0 Å². The summed E-state index contributed by atoms with van der Waals surface area (Å²) in [6, 6.07) is 12.3. The number of rotatable bonds is 5. The van der Waals surface area contributed by atoms with Crippen LogP contribution in [0.4, 0.5) is 8.78 Å². The van der Waals surface area contributed by atoms with E-state index in [1.54, 1.807) is 34.1 Å². The van der Waals surface area contributed by atoms with Gasteiger partial charge < -0.3 is 9.80 Å². The normalized spacial score (nSPS) is 14.3. The third-order valence-corrected chi connectivity index (χ3v) is 4.75. The molecule has 1 aliphatic rings. The van der Waals surface area contributed by atoms with E-state index in [-0.39, 0.29) is 29.9 Å². The van der Waals surface area contributed by atoms with Gasteiger partial charge in [0.2, 0.25) is 11.8 Å². The molecule has 1 fully saturated rings. The van der Waals surface area contributed by atoms with Crippen molar-refractivity contribution < 1.29 is 18.4 Å². The molecule has 1 saturated heterocycles. The standard InChI is InChI=1S/C21H22F2N2O2/c22-18-5-1-3-16(13-18)7-8-20(26)24-9-11-25(12-10-24)21(27)15-17-4-2-6-19(23)14-17/h1-6,13-14H,7-12,15H2. The molecule has 27 heavy (non-hydrogen) atoms. The Kier molecular flexibility index (Phi) is 6.16. The molecule has 1 aliphatic heterocycles. The van der Waals surface area contributed by atoms with Crippen LogP contribution in [0.2, 0.25) is 0 Å². The van der Waals surface area contributed by atoms with E-state index >= 15 is 0 Å². The SMILES string of the molecule is O=C(CCc1cccc(F)c1)N1CCN(C(=O)Cc2cccc(F)c2)CC1. The maximum Gasteiger partial charge on any atom is 0.227 e. The fraction of sp³-hybridized carbons (Fsp3) is 0.333. The van der Waals surface area contributed by atoms with Crippen molar-refractivity contribution in [2.75, 3.05) is 26.2 Å². The first-order valence-corrected chi connectivity index (χ1v) is 9.06. The minimum Gasteiger partial charge on any atom is -0.339 e. The number of carbonyl (C=O) groups is 2. The molecule has 0 atom stereocenters. The highest BCUT2D eigenvalue weighted by atomic mass is 19.1. The van der Waals surface area contributed by atoms with Crippen molar-refractivity contribution in [2.24, 2.45) is 0 Å². The lowest BCUT2D eigenvalue weighted by Crippen LogP contribution is -2.51. The fourth-order valence-corrected chi connectivity index (χ4v) is 3.24.